The molecule has 1 heterocycles. The normalized spacial score (nSPS) is 17.7. The fourth-order valence-electron chi connectivity index (χ4n) is 2.72. The molecule has 21 heavy (non-hydrogen) atoms. The molecule has 0 bridgehead atoms. The Balaban J connectivity index is 2.00. The first-order chi connectivity index (χ1) is 10.2. The lowest BCUT2D eigenvalue weighted by Crippen LogP contribution is -2.23. The lowest BCUT2D eigenvalue weighted by molar-refractivity contribution is 0.0495. The van der Waals surface area contributed by atoms with Gasteiger partial charge in [0.05, 0.1) is 6.61 Å². The summed E-state index contributed by atoms with van der Waals surface area (Å²) in [6.45, 7) is 10.1. The largest absolute Gasteiger partial charge is 0.493 e. The van der Waals surface area contributed by atoms with Gasteiger partial charge in [0.15, 0.2) is 0 Å². The summed E-state index contributed by atoms with van der Waals surface area (Å²) in [5.41, 5.74) is 2.52. The molecule has 1 fully saturated rings. The summed E-state index contributed by atoms with van der Waals surface area (Å²) < 4.78 is 11.6. The van der Waals surface area contributed by atoms with E-state index in [9.17, 15) is 0 Å². The van der Waals surface area contributed by atoms with E-state index in [1.807, 2.05) is 0 Å². The molecule has 1 saturated heterocycles. The second-order valence-corrected chi connectivity index (χ2v) is 6.08. The van der Waals surface area contributed by atoms with E-state index in [-0.39, 0.29) is 0 Å². The monoisotopic (exact) mass is 291 g/mol. The molecule has 0 saturated carbocycles. The first-order valence-electron chi connectivity index (χ1n) is 8.25. The Morgan fingerprint density at radius 2 is 2.10 bits per heavy atom. The molecule has 1 N–H and O–H groups in total. The van der Waals surface area contributed by atoms with Crippen molar-refractivity contribution in [2.75, 3.05) is 26.4 Å². The van der Waals surface area contributed by atoms with Crippen LogP contribution < -0.4 is 10.1 Å². The van der Waals surface area contributed by atoms with Gasteiger partial charge >= 0.3 is 0 Å². The predicted octanol–water partition coefficient (Wildman–Crippen LogP) is 3.86. The number of nitrogens with one attached hydrogen (secondary N) is 1. The van der Waals surface area contributed by atoms with Crippen molar-refractivity contribution in [3.05, 3.63) is 29.3 Å². The van der Waals surface area contributed by atoms with Crippen LogP contribution in [-0.4, -0.2) is 26.4 Å². The molecule has 3 heteroatoms. The zero-order valence-electron chi connectivity index (χ0n) is 13.7. The third-order valence-corrected chi connectivity index (χ3v) is 4.15. The van der Waals surface area contributed by atoms with Gasteiger partial charge in [-0.3, -0.25) is 0 Å². The first-order valence-corrected chi connectivity index (χ1v) is 8.25. The summed E-state index contributed by atoms with van der Waals surface area (Å²) in [6, 6.07) is 6.86. The topological polar surface area (TPSA) is 30.5 Å². The van der Waals surface area contributed by atoms with Crippen molar-refractivity contribution in [1.29, 1.82) is 0 Å². The average molecular weight is 291 g/mol. The van der Waals surface area contributed by atoms with Crippen molar-refractivity contribution < 1.29 is 9.47 Å². The van der Waals surface area contributed by atoms with Gasteiger partial charge in [0.2, 0.25) is 0 Å². The van der Waals surface area contributed by atoms with Gasteiger partial charge < -0.3 is 14.8 Å². The summed E-state index contributed by atoms with van der Waals surface area (Å²) >= 11 is 0. The molecule has 1 unspecified atom stereocenters. The second kappa shape index (κ2) is 8.40. The summed E-state index contributed by atoms with van der Waals surface area (Å²) in [5, 5.41) is 3.55. The van der Waals surface area contributed by atoms with Gasteiger partial charge in [0, 0.05) is 24.8 Å². The van der Waals surface area contributed by atoms with Gasteiger partial charge in [-0.05, 0) is 57.2 Å². The zero-order chi connectivity index (χ0) is 15.1. The molecular weight excluding hydrogens is 262 g/mol. The lowest BCUT2D eigenvalue weighted by Gasteiger charge is -2.24. The predicted molar refractivity (Wildman–Crippen MR) is 86.9 cm³/mol. The van der Waals surface area contributed by atoms with Crippen LogP contribution in [0, 0.1) is 12.8 Å². The van der Waals surface area contributed by atoms with Crippen LogP contribution in [0.3, 0.4) is 0 Å². The Kier molecular flexibility index (Phi) is 6.52. The molecular formula is C18H29NO2. The molecule has 118 valence electrons. The van der Waals surface area contributed by atoms with Crippen LogP contribution in [0.2, 0.25) is 0 Å². The summed E-state index contributed by atoms with van der Waals surface area (Å²) in [7, 11) is 0. The molecule has 0 spiro atoms. The van der Waals surface area contributed by atoms with E-state index in [1.165, 1.54) is 11.1 Å². The molecule has 1 aliphatic heterocycles. The minimum Gasteiger partial charge on any atom is -0.493 e. The highest BCUT2D eigenvalue weighted by Crippen LogP contribution is 2.28. The molecule has 3 nitrogen and oxygen atoms in total. The Labute approximate surface area is 129 Å². The smallest absolute Gasteiger partial charge is 0.124 e. The van der Waals surface area contributed by atoms with Gasteiger partial charge in [-0.25, -0.2) is 0 Å². The van der Waals surface area contributed by atoms with Crippen molar-refractivity contribution in [3.8, 4) is 5.75 Å². The Morgan fingerprint density at radius 1 is 1.33 bits per heavy atom. The maximum atomic E-state index is 6.16. The van der Waals surface area contributed by atoms with Crippen molar-refractivity contribution in [1.82, 2.24) is 5.32 Å². The SMILES string of the molecule is CCCNC(C)c1ccc(C)cc1OCC1CCOCC1. The van der Waals surface area contributed by atoms with Crippen molar-refractivity contribution >= 4 is 0 Å². The molecule has 2 rings (SSSR count). The van der Waals surface area contributed by atoms with Crippen LogP contribution in [-0.2, 0) is 4.74 Å². The van der Waals surface area contributed by atoms with Crippen molar-refractivity contribution in [3.63, 3.8) is 0 Å². The molecule has 1 aliphatic rings. The molecule has 0 aliphatic carbocycles. The fourth-order valence-corrected chi connectivity index (χ4v) is 2.72. The third kappa shape index (κ3) is 5.01. The Morgan fingerprint density at radius 3 is 2.81 bits per heavy atom. The number of benzene rings is 1. The molecule has 0 radical (unpaired) electrons. The first kappa shape index (κ1) is 16.3. The quantitative estimate of drug-likeness (QED) is 0.827. The van der Waals surface area contributed by atoms with Crippen molar-refractivity contribution in [2.24, 2.45) is 5.92 Å². The molecule has 0 amide bonds. The van der Waals surface area contributed by atoms with Crippen LogP contribution in [0.25, 0.3) is 0 Å². The minimum absolute atomic E-state index is 0.329. The molecule has 1 aromatic rings. The van der Waals surface area contributed by atoms with Crippen LogP contribution in [0.5, 0.6) is 5.75 Å². The molecule has 1 atom stereocenters. The highest BCUT2D eigenvalue weighted by molar-refractivity contribution is 5.39. The number of rotatable bonds is 7. The van der Waals surface area contributed by atoms with Gasteiger partial charge in [0.25, 0.3) is 0 Å². The summed E-state index contributed by atoms with van der Waals surface area (Å²) in [5.74, 6) is 1.67. The number of aryl methyl sites for hydroxylation is 1. The number of ether oxygens (including phenoxy) is 2. The second-order valence-electron chi connectivity index (χ2n) is 6.08. The van der Waals surface area contributed by atoms with E-state index in [0.29, 0.717) is 12.0 Å². The molecule has 0 aromatic heterocycles. The van der Waals surface area contributed by atoms with Crippen LogP contribution >= 0.6 is 0 Å². The summed E-state index contributed by atoms with van der Waals surface area (Å²) in [4.78, 5) is 0. The Bertz CT molecular complexity index is 427. The standard InChI is InChI=1S/C18H29NO2/c1-4-9-19-15(3)17-6-5-14(2)12-18(17)21-13-16-7-10-20-11-8-16/h5-6,12,15-16,19H,4,7-11,13H2,1-3H3. The van der Waals surface area contributed by atoms with Gasteiger partial charge in [-0.2, -0.15) is 0 Å². The van der Waals surface area contributed by atoms with E-state index in [1.54, 1.807) is 0 Å². The third-order valence-electron chi connectivity index (χ3n) is 4.15. The van der Waals surface area contributed by atoms with Gasteiger partial charge in [-0.1, -0.05) is 19.1 Å². The lowest BCUT2D eigenvalue weighted by atomic mass is 10.0. The van der Waals surface area contributed by atoms with E-state index in [2.05, 4.69) is 44.3 Å². The summed E-state index contributed by atoms with van der Waals surface area (Å²) in [6.07, 6.45) is 3.38. The van der Waals surface area contributed by atoms with Crippen molar-refractivity contribution in [2.45, 2.75) is 46.1 Å². The van der Waals surface area contributed by atoms with Gasteiger partial charge in [0.1, 0.15) is 5.75 Å². The highest BCUT2D eigenvalue weighted by atomic mass is 16.5. The van der Waals surface area contributed by atoms with Gasteiger partial charge in [-0.15, -0.1) is 0 Å². The average Bonchev–Trinajstić information content (AvgIpc) is 2.51. The maximum Gasteiger partial charge on any atom is 0.124 e. The zero-order valence-corrected chi connectivity index (χ0v) is 13.7. The van der Waals surface area contributed by atoms with Crippen LogP contribution in [0.4, 0.5) is 0 Å². The van der Waals surface area contributed by atoms with E-state index in [4.69, 9.17) is 9.47 Å². The van der Waals surface area contributed by atoms with E-state index < -0.39 is 0 Å². The van der Waals surface area contributed by atoms with E-state index in [0.717, 1.165) is 51.4 Å². The Hall–Kier alpha value is -1.06. The van der Waals surface area contributed by atoms with Crippen LogP contribution in [0.1, 0.15) is 50.3 Å². The molecule has 1 aromatic carbocycles. The number of hydrogen-bond acceptors (Lipinski definition) is 3. The number of hydrogen-bond donors (Lipinski definition) is 1. The highest BCUT2D eigenvalue weighted by Gasteiger charge is 2.16. The van der Waals surface area contributed by atoms with Crippen LogP contribution in [0.15, 0.2) is 18.2 Å². The maximum absolute atomic E-state index is 6.16. The van der Waals surface area contributed by atoms with E-state index >= 15 is 0 Å². The fraction of sp³-hybridized carbons (Fsp3) is 0.667. The minimum atomic E-state index is 0.329.